The number of likely N-dealkylation sites (tertiary alicyclic amines) is 1. The van der Waals surface area contributed by atoms with Crippen LogP contribution in [0.1, 0.15) is 63.9 Å². The lowest BCUT2D eigenvalue weighted by atomic mass is 9.93. The maximum atomic E-state index is 11.8. The summed E-state index contributed by atoms with van der Waals surface area (Å²) in [5, 5.41) is 12.7. The molecule has 10 heteroatoms. The van der Waals surface area contributed by atoms with Crippen LogP contribution in [0.4, 0.5) is 0 Å². The zero-order chi connectivity index (χ0) is 34.4. The number of ether oxygens (including phenoxy) is 3. The fourth-order valence-corrected chi connectivity index (χ4v) is 6.94. The monoisotopic (exact) mass is 678 g/mol. The number of carbonyl (C=O) groups excluding carboxylic acids is 2. The lowest BCUT2D eigenvalue weighted by molar-refractivity contribution is -0.119. The Morgan fingerprint density at radius 3 is 2.55 bits per heavy atom. The summed E-state index contributed by atoms with van der Waals surface area (Å²) < 4.78 is 18.4. The van der Waals surface area contributed by atoms with Crippen molar-refractivity contribution in [1.29, 1.82) is 5.26 Å². The molecule has 0 saturated carbocycles. The number of aromatic nitrogens is 1. The molecule has 1 amide bonds. The average molecular weight is 679 g/mol. The number of hydrogen-bond donors (Lipinski definition) is 1. The van der Waals surface area contributed by atoms with Gasteiger partial charge in [0, 0.05) is 50.1 Å². The van der Waals surface area contributed by atoms with Crippen LogP contribution < -0.4 is 19.5 Å². The molecule has 9 nitrogen and oxygen atoms in total. The highest BCUT2D eigenvalue weighted by Crippen LogP contribution is 2.36. The molecule has 1 unspecified atom stereocenters. The van der Waals surface area contributed by atoms with Crippen LogP contribution in [0, 0.1) is 25.2 Å². The quantitative estimate of drug-likeness (QED) is 0.119. The SMILES string of the molecule is Cc1c(COc2cc(OCc3cncc(C#N)c3)c(C=O)cc2Cl)cccc1-c1cccc(OCCCN2CCC3(CCC(=O)N3)C2)c1C. The lowest BCUT2D eigenvalue weighted by Crippen LogP contribution is -2.44. The molecular weight excluding hydrogens is 640 g/mol. The Balaban J connectivity index is 1.09. The summed E-state index contributed by atoms with van der Waals surface area (Å²) in [5.74, 6) is 1.75. The van der Waals surface area contributed by atoms with Gasteiger partial charge in [0.05, 0.1) is 28.3 Å². The molecular formula is C39H39ClN4O5. The Labute approximate surface area is 291 Å². The highest BCUT2D eigenvalue weighted by molar-refractivity contribution is 6.32. The molecule has 0 bridgehead atoms. The van der Waals surface area contributed by atoms with Gasteiger partial charge in [0.25, 0.3) is 0 Å². The first kappa shape index (κ1) is 34.0. The van der Waals surface area contributed by atoms with Gasteiger partial charge in [-0.1, -0.05) is 41.9 Å². The first-order valence-corrected chi connectivity index (χ1v) is 16.9. The smallest absolute Gasteiger partial charge is 0.220 e. The fourth-order valence-electron chi connectivity index (χ4n) is 6.72. The van der Waals surface area contributed by atoms with Crippen molar-refractivity contribution in [2.75, 3.05) is 26.2 Å². The van der Waals surface area contributed by atoms with E-state index in [-0.39, 0.29) is 24.7 Å². The van der Waals surface area contributed by atoms with E-state index in [4.69, 9.17) is 31.1 Å². The van der Waals surface area contributed by atoms with Crippen molar-refractivity contribution in [1.82, 2.24) is 15.2 Å². The normalized spacial score (nSPS) is 17.1. The minimum atomic E-state index is -0.0175. The van der Waals surface area contributed by atoms with E-state index in [0.29, 0.717) is 52.5 Å². The number of benzene rings is 3. The van der Waals surface area contributed by atoms with Crippen molar-refractivity contribution in [3.8, 4) is 34.4 Å². The van der Waals surface area contributed by atoms with E-state index >= 15 is 0 Å². The largest absolute Gasteiger partial charge is 0.493 e. The molecule has 1 aromatic heterocycles. The topological polar surface area (TPSA) is 114 Å². The van der Waals surface area contributed by atoms with E-state index in [1.807, 2.05) is 24.3 Å². The predicted molar refractivity (Wildman–Crippen MR) is 187 cm³/mol. The van der Waals surface area contributed by atoms with E-state index in [1.165, 1.54) is 12.3 Å². The number of nitrogens with one attached hydrogen (secondary N) is 1. The van der Waals surface area contributed by atoms with E-state index < -0.39 is 0 Å². The van der Waals surface area contributed by atoms with Crippen LogP contribution in [0.3, 0.4) is 0 Å². The van der Waals surface area contributed by atoms with E-state index in [2.05, 4.69) is 47.3 Å². The number of nitrogens with zero attached hydrogens (tertiary/aromatic N) is 3. The van der Waals surface area contributed by atoms with Crippen molar-refractivity contribution in [2.24, 2.45) is 0 Å². The summed E-state index contributed by atoms with van der Waals surface area (Å²) in [6.45, 7) is 8.03. The van der Waals surface area contributed by atoms with Crippen LogP contribution in [0.25, 0.3) is 11.1 Å². The van der Waals surface area contributed by atoms with Gasteiger partial charge in [-0.2, -0.15) is 5.26 Å². The molecule has 6 rings (SSSR count). The third-order valence-corrected chi connectivity index (χ3v) is 9.75. The second-order valence-corrected chi connectivity index (χ2v) is 13.2. The molecule has 252 valence electrons. The number of hydrogen-bond acceptors (Lipinski definition) is 8. The third-order valence-electron chi connectivity index (χ3n) is 9.46. The molecule has 2 saturated heterocycles. The van der Waals surface area contributed by atoms with Gasteiger partial charge in [-0.25, -0.2) is 0 Å². The second kappa shape index (κ2) is 15.1. The van der Waals surface area contributed by atoms with Gasteiger partial charge < -0.3 is 24.4 Å². The number of pyridine rings is 1. The van der Waals surface area contributed by atoms with Crippen molar-refractivity contribution >= 4 is 23.8 Å². The van der Waals surface area contributed by atoms with E-state index in [9.17, 15) is 9.59 Å². The predicted octanol–water partition coefficient (Wildman–Crippen LogP) is 6.98. The van der Waals surface area contributed by atoms with Crippen molar-refractivity contribution < 1.29 is 23.8 Å². The van der Waals surface area contributed by atoms with E-state index in [0.717, 1.165) is 72.5 Å². The standard InChI is InChI=1S/C39H39ClN4O5/c1-26-30(24-49-37-18-36(31(22-45)17-34(37)40)48-23-29-16-28(19-41)20-42-21-29)6-3-7-32(26)33-8-4-9-35(27(33)2)47-15-5-13-44-14-12-39(25-44)11-10-38(46)43-39/h3-4,6-9,16-18,20-22H,5,10-15,23-25H2,1-2H3,(H,43,46). The molecule has 1 atom stereocenters. The Morgan fingerprint density at radius 2 is 1.78 bits per heavy atom. The van der Waals surface area contributed by atoms with Crippen LogP contribution in [-0.2, 0) is 18.0 Å². The Kier molecular flexibility index (Phi) is 10.5. The Bertz CT molecular complexity index is 1910. The zero-order valence-electron chi connectivity index (χ0n) is 27.8. The Morgan fingerprint density at radius 1 is 0.980 bits per heavy atom. The maximum Gasteiger partial charge on any atom is 0.220 e. The van der Waals surface area contributed by atoms with Crippen molar-refractivity contribution in [2.45, 2.75) is 58.3 Å². The van der Waals surface area contributed by atoms with Crippen molar-refractivity contribution in [3.63, 3.8) is 0 Å². The molecule has 3 heterocycles. The third kappa shape index (κ3) is 7.88. The van der Waals surface area contributed by atoms with Crippen molar-refractivity contribution in [3.05, 3.63) is 105 Å². The van der Waals surface area contributed by atoms with Crippen LogP contribution in [-0.4, -0.2) is 53.9 Å². The summed E-state index contributed by atoms with van der Waals surface area (Å²) in [6.07, 6.45) is 7.29. The molecule has 0 radical (unpaired) electrons. The molecule has 2 aliphatic rings. The second-order valence-electron chi connectivity index (χ2n) is 12.8. The molecule has 1 spiro atoms. The van der Waals surface area contributed by atoms with Crippen LogP contribution in [0.5, 0.6) is 17.2 Å². The fraction of sp³-hybridized carbons (Fsp3) is 0.333. The number of amides is 1. The summed E-state index contributed by atoms with van der Waals surface area (Å²) in [4.78, 5) is 30.0. The average Bonchev–Trinajstić information content (AvgIpc) is 3.69. The minimum absolute atomic E-state index is 0.0175. The number of nitriles is 1. The zero-order valence-corrected chi connectivity index (χ0v) is 28.5. The molecule has 2 aliphatic heterocycles. The van der Waals surface area contributed by atoms with Gasteiger partial charge in [0.2, 0.25) is 5.91 Å². The Hall–Kier alpha value is -4.91. The number of halogens is 1. The highest BCUT2D eigenvalue weighted by Gasteiger charge is 2.42. The minimum Gasteiger partial charge on any atom is -0.493 e. The molecule has 4 aromatic rings. The molecule has 2 fully saturated rings. The molecule has 0 aliphatic carbocycles. The summed E-state index contributed by atoms with van der Waals surface area (Å²) in [5.41, 5.74) is 6.71. The van der Waals surface area contributed by atoms with Gasteiger partial charge in [0.15, 0.2) is 6.29 Å². The maximum absolute atomic E-state index is 11.8. The van der Waals surface area contributed by atoms with Crippen LogP contribution in [0.15, 0.2) is 67.0 Å². The lowest BCUT2D eigenvalue weighted by Gasteiger charge is -2.24. The van der Waals surface area contributed by atoms with Gasteiger partial charge >= 0.3 is 0 Å². The summed E-state index contributed by atoms with van der Waals surface area (Å²) in [7, 11) is 0. The molecule has 1 N–H and O–H groups in total. The first-order valence-electron chi connectivity index (χ1n) is 16.5. The molecule has 49 heavy (non-hydrogen) atoms. The van der Waals surface area contributed by atoms with Gasteiger partial charge in [-0.15, -0.1) is 0 Å². The highest BCUT2D eigenvalue weighted by atomic mass is 35.5. The first-order chi connectivity index (χ1) is 23.8. The number of carbonyl (C=O) groups is 2. The van der Waals surface area contributed by atoms with Gasteiger partial charge in [-0.3, -0.25) is 14.6 Å². The summed E-state index contributed by atoms with van der Waals surface area (Å²) >= 11 is 6.51. The number of rotatable bonds is 13. The van der Waals surface area contributed by atoms with Crippen LogP contribution in [0.2, 0.25) is 5.02 Å². The summed E-state index contributed by atoms with van der Waals surface area (Å²) in [6, 6.07) is 19.2. The number of aldehydes is 1. The van der Waals surface area contributed by atoms with Gasteiger partial charge in [0.1, 0.15) is 36.5 Å². The van der Waals surface area contributed by atoms with Gasteiger partial charge in [-0.05, 0) is 79.1 Å². The molecule has 3 aromatic carbocycles. The van der Waals surface area contributed by atoms with E-state index in [1.54, 1.807) is 18.3 Å². The van der Waals surface area contributed by atoms with Crippen LogP contribution >= 0.6 is 11.6 Å².